The van der Waals surface area contributed by atoms with Crippen LogP contribution in [0, 0.1) is 5.41 Å². The Morgan fingerprint density at radius 3 is 2.13 bits per heavy atom. The van der Waals surface area contributed by atoms with E-state index < -0.39 is 0 Å². The number of rotatable bonds is 3. The zero-order valence-corrected chi connectivity index (χ0v) is 10.9. The van der Waals surface area contributed by atoms with Crippen LogP contribution < -0.4 is 0 Å². The second-order valence-corrected chi connectivity index (χ2v) is 5.39. The number of hydrogen-bond donors (Lipinski definition) is 0. The Balaban J connectivity index is 2.78. The van der Waals surface area contributed by atoms with Crippen LogP contribution in [0.5, 0.6) is 0 Å². The third-order valence-electron chi connectivity index (χ3n) is 3.60. The van der Waals surface area contributed by atoms with E-state index in [0.29, 0.717) is 5.41 Å². The van der Waals surface area contributed by atoms with Gasteiger partial charge in [-0.05, 0) is 45.4 Å². The normalized spacial score (nSPS) is 21.2. The lowest BCUT2D eigenvalue weighted by Crippen LogP contribution is -2.20. The van der Waals surface area contributed by atoms with Gasteiger partial charge in [0.05, 0.1) is 0 Å². The summed E-state index contributed by atoms with van der Waals surface area (Å²) in [5, 5.41) is 0. The van der Waals surface area contributed by atoms with Crippen LogP contribution in [0.25, 0.3) is 0 Å². The fourth-order valence-corrected chi connectivity index (χ4v) is 2.84. The molecule has 0 unspecified atom stereocenters. The second kappa shape index (κ2) is 5.53. The average Bonchev–Trinajstić information content (AvgIpc) is 2.17. The third kappa shape index (κ3) is 3.85. The minimum Gasteiger partial charge on any atom is -0.0762 e. The van der Waals surface area contributed by atoms with Crippen molar-refractivity contribution in [3.63, 3.8) is 0 Å². The average molecular weight is 206 g/mol. The predicted molar refractivity (Wildman–Crippen MR) is 69.0 cm³/mol. The van der Waals surface area contributed by atoms with Crippen molar-refractivity contribution in [2.45, 2.75) is 66.2 Å². The summed E-state index contributed by atoms with van der Waals surface area (Å²) in [5.41, 5.74) is 3.39. The highest BCUT2D eigenvalue weighted by Crippen LogP contribution is 2.41. The van der Waals surface area contributed by atoms with Crippen LogP contribution in [-0.4, -0.2) is 0 Å². The van der Waals surface area contributed by atoms with Crippen LogP contribution in [0.15, 0.2) is 23.3 Å². The molecule has 0 spiro atoms. The van der Waals surface area contributed by atoms with Crippen LogP contribution in [0.3, 0.4) is 0 Å². The fourth-order valence-electron chi connectivity index (χ4n) is 2.84. The lowest BCUT2D eigenvalue weighted by Gasteiger charge is -2.34. The standard InChI is InChI=1S/C15H26/c1-5-15(9-7-6-8-10-15)12-14(4)11-13(2)3/h11-12H,5-10H2,1-4H3. The Bertz CT molecular complexity index is 245. The maximum atomic E-state index is 2.54. The largest absolute Gasteiger partial charge is 0.0762 e. The van der Waals surface area contributed by atoms with E-state index in [-0.39, 0.29) is 0 Å². The van der Waals surface area contributed by atoms with Gasteiger partial charge in [0.25, 0.3) is 0 Å². The molecule has 0 nitrogen and oxygen atoms in total. The molecular formula is C15H26. The van der Waals surface area contributed by atoms with Gasteiger partial charge in [-0.25, -0.2) is 0 Å². The van der Waals surface area contributed by atoms with Crippen molar-refractivity contribution in [3.8, 4) is 0 Å². The molecule has 0 aliphatic heterocycles. The van der Waals surface area contributed by atoms with Crippen molar-refractivity contribution in [1.29, 1.82) is 0 Å². The molecule has 0 bridgehead atoms. The van der Waals surface area contributed by atoms with E-state index in [1.807, 2.05) is 0 Å². The molecule has 1 fully saturated rings. The molecule has 1 saturated carbocycles. The van der Waals surface area contributed by atoms with E-state index >= 15 is 0 Å². The van der Waals surface area contributed by atoms with Gasteiger partial charge in [0.2, 0.25) is 0 Å². The van der Waals surface area contributed by atoms with E-state index in [1.54, 1.807) is 0 Å². The van der Waals surface area contributed by atoms with Crippen molar-refractivity contribution < 1.29 is 0 Å². The topological polar surface area (TPSA) is 0 Å². The summed E-state index contributed by atoms with van der Waals surface area (Å²) in [5.74, 6) is 0. The van der Waals surface area contributed by atoms with Crippen molar-refractivity contribution in [1.82, 2.24) is 0 Å². The molecule has 0 aromatic rings. The van der Waals surface area contributed by atoms with Gasteiger partial charge in [-0.1, -0.05) is 49.5 Å². The zero-order chi connectivity index (χ0) is 11.3. The van der Waals surface area contributed by atoms with Crippen LogP contribution in [-0.2, 0) is 0 Å². The van der Waals surface area contributed by atoms with Crippen LogP contribution >= 0.6 is 0 Å². The highest BCUT2D eigenvalue weighted by Gasteiger charge is 2.27. The Labute approximate surface area is 95.5 Å². The quantitative estimate of drug-likeness (QED) is 0.553. The van der Waals surface area contributed by atoms with E-state index in [0.717, 1.165) is 0 Å². The highest BCUT2D eigenvalue weighted by atomic mass is 14.3. The van der Waals surface area contributed by atoms with Gasteiger partial charge in [-0.3, -0.25) is 0 Å². The van der Waals surface area contributed by atoms with E-state index in [4.69, 9.17) is 0 Å². The molecule has 1 rings (SSSR count). The summed E-state index contributed by atoms with van der Waals surface area (Å²) < 4.78 is 0. The summed E-state index contributed by atoms with van der Waals surface area (Å²) in [7, 11) is 0. The molecule has 0 radical (unpaired) electrons. The predicted octanol–water partition coefficient (Wildman–Crippen LogP) is 5.26. The van der Waals surface area contributed by atoms with Gasteiger partial charge in [0.15, 0.2) is 0 Å². The molecule has 0 heteroatoms. The molecule has 86 valence electrons. The molecule has 0 saturated heterocycles. The van der Waals surface area contributed by atoms with Crippen LogP contribution in [0.1, 0.15) is 66.2 Å². The smallest absolute Gasteiger partial charge is 0.0115 e. The highest BCUT2D eigenvalue weighted by molar-refractivity contribution is 5.22. The molecular weight excluding hydrogens is 180 g/mol. The zero-order valence-electron chi connectivity index (χ0n) is 10.9. The summed E-state index contributed by atoms with van der Waals surface area (Å²) in [6.45, 7) is 8.95. The molecule has 1 aliphatic carbocycles. The van der Waals surface area contributed by atoms with Gasteiger partial charge in [0.1, 0.15) is 0 Å². The molecule has 0 atom stereocenters. The molecule has 0 aromatic carbocycles. The first-order valence-corrected chi connectivity index (χ1v) is 6.42. The number of hydrogen-bond acceptors (Lipinski definition) is 0. The SMILES string of the molecule is CCC1(C=C(C)C=C(C)C)CCCCC1. The first-order valence-electron chi connectivity index (χ1n) is 6.42. The molecule has 0 amide bonds. The molecule has 0 aromatic heterocycles. The molecule has 15 heavy (non-hydrogen) atoms. The maximum Gasteiger partial charge on any atom is -0.0115 e. The summed E-state index contributed by atoms with van der Waals surface area (Å²) in [4.78, 5) is 0. The van der Waals surface area contributed by atoms with Gasteiger partial charge in [-0.2, -0.15) is 0 Å². The van der Waals surface area contributed by atoms with Crippen LogP contribution in [0.4, 0.5) is 0 Å². The lowest BCUT2D eigenvalue weighted by atomic mass is 9.71. The van der Waals surface area contributed by atoms with E-state index in [9.17, 15) is 0 Å². The Hall–Kier alpha value is -0.520. The van der Waals surface area contributed by atoms with Crippen molar-refractivity contribution in [3.05, 3.63) is 23.3 Å². The van der Waals surface area contributed by atoms with Gasteiger partial charge in [-0.15, -0.1) is 0 Å². The molecule has 1 aliphatic rings. The number of allylic oxidation sites excluding steroid dienone is 4. The Morgan fingerprint density at radius 1 is 1.07 bits per heavy atom. The summed E-state index contributed by atoms with van der Waals surface area (Å²) in [6, 6.07) is 0. The second-order valence-electron chi connectivity index (χ2n) is 5.39. The summed E-state index contributed by atoms with van der Waals surface area (Å²) in [6.07, 6.45) is 13.2. The molecule has 0 heterocycles. The summed E-state index contributed by atoms with van der Waals surface area (Å²) >= 11 is 0. The van der Waals surface area contributed by atoms with Gasteiger partial charge < -0.3 is 0 Å². The lowest BCUT2D eigenvalue weighted by molar-refractivity contribution is 0.247. The van der Waals surface area contributed by atoms with Gasteiger partial charge in [0, 0.05) is 0 Å². The van der Waals surface area contributed by atoms with Crippen molar-refractivity contribution >= 4 is 0 Å². The van der Waals surface area contributed by atoms with Crippen molar-refractivity contribution in [2.75, 3.05) is 0 Å². The monoisotopic (exact) mass is 206 g/mol. The first-order chi connectivity index (χ1) is 7.08. The molecule has 0 N–H and O–H groups in total. The van der Waals surface area contributed by atoms with E-state index in [2.05, 4.69) is 39.8 Å². The van der Waals surface area contributed by atoms with E-state index in [1.165, 1.54) is 49.7 Å². The van der Waals surface area contributed by atoms with Crippen molar-refractivity contribution in [2.24, 2.45) is 5.41 Å². The minimum absolute atomic E-state index is 0.522. The first kappa shape index (κ1) is 12.5. The fraction of sp³-hybridized carbons (Fsp3) is 0.733. The van der Waals surface area contributed by atoms with Gasteiger partial charge >= 0.3 is 0 Å². The Kier molecular flexibility index (Phi) is 4.63. The maximum absolute atomic E-state index is 2.54. The third-order valence-corrected chi connectivity index (χ3v) is 3.60. The minimum atomic E-state index is 0.522. The van der Waals surface area contributed by atoms with Crippen LogP contribution in [0.2, 0.25) is 0 Å². The Morgan fingerprint density at radius 2 is 1.67 bits per heavy atom.